The number of likely N-dealkylation sites (N-methyl/N-ethyl adjacent to an activating group) is 1. The highest BCUT2D eigenvalue weighted by molar-refractivity contribution is 6.34. The van der Waals surface area contributed by atoms with E-state index in [1.807, 2.05) is 56.3 Å². The molecule has 2 aromatic rings. The van der Waals surface area contributed by atoms with Crippen molar-refractivity contribution in [2.24, 2.45) is 5.10 Å². The van der Waals surface area contributed by atoms with E-state index in [2.05, 4.69) is 10.4 Å². The summed E-state index contributed by atoms with van der Waals surface area (Å²) in [5.41, 5.74) is 2.34. The molecule has 3 amide bonds. The largest absolute Gasteiger partial charge is 0.496 e. The summed E-state index contributed by atoms with van der Waals surface area (Å²) < 4.78 is 5.52. The number of methoxy groups -OCH3 is 1. The molecule has 1 heterocycles. The lowest BCUT2D eigenvalue weighted by Crippen LogP contribution is -2.45. The molecule has 31 heavy (non-hydrogen) atoms. The maximum Gasteiger partial charge on any atom is 0.317 e. The average Bonchev–Trinajstić information content (AvgIpc) is 3.18. The molecule has 0 fully saturated rings. The summed E-state index contributed by atoms with van der Waals surface area (Å²) >= 11 is 6.39. The molecule has 0 aliphatic carbocycles. The first-order valence-electron chi connectivity index (χ1n) is 10.1. The summed E-state index contributed by atoms with van der Waals surface area (Å²) in [6.07, 6.45) is 0.484. The molecule has 0 bridgehead atoms. The number of benzene rings is 2. The zero-order chi connectivity index (χ0) is 22.5. The van der Waals surface area contributed by atoms with E-state index in [1.165, 1.54) is 9.91 Å². The van der Waals surface area contributed by atoms with E-state index in [1.54, 1.807) is 20.2 Å². The van der Waals surface area contributed by atoms with Gasteiger partial charge in [-0.05, 0) is 26.0 Å². The first-order chi connectivity index (χ1) is 14.8. The highest BCUT2D eigenvalue weighted by Gasteiger charge is 2.35. The van der Waals surface area contributed by atoms with Gasteiger partial charge >= 0.3 is 6.03 Å². The van der Waals surface area contributed by atoms with Crippen LogP contribution in [0.3, 0.4) is 0 Å². The number of hydrazone groups is 1. The number of hydrogen-bond acceptors (Lipinski definition) is 4. The number of hydrogen-bond donors (Lipinski definition) is 1. The number of ether oxygens (including phenoxy) is 1. The fraction of sp³-hybridized carbons (Fsp3) is 0.348. The molecule has 0 radical (unpaired) electrons. The number of nitrogens with one attached hydrogen (secondary N) is 1. The Bertz CT molecular complexity index is 992. The van der Waals surface area contributed by atoms with Crippen LogP contribution in [-0.2, 0) is 4.79 Å². The van der Waals surface area contributed by atoms with Crippen molar-refractivity contribution in [2.45, 2.75) is 32.4 Å². The quantitative estimate of drug-likeness (QED) is 0.732. The Balaban J connectivity index is 1.92. The molecule has 8 heteroatoms. The maximum atomic E-state index is 13.2. The lowest BCUT2D eigenvalue weighted by molar-refractivity contribution is -0.133. The van der Waals surface area contributed by atoms with Crippen molar-refractivity contribution in [3.8, 4) is 5.75 Å². The third-order valence-electron chi connectivity index (χ3n) is 4.98. The number of amides is 3. The van der Waals surface area contributed by atoms with Crippen LogP contribution in [0.2, 0.25) is 5.02 Å². The number of carbonyl (C=O) groups excluding carboxylic acids is 2. The number of rotatable bonds is 6. The standard InChI is InChI=1S/C23H27ClN4O3/c1-15(2)25-23(30)27(3)14-22(29)28-20(17-10-6-8-12-21(17)31-4)13-19(26-28)16-9-5-7-11-18(16)24/h5-12,15,20H,13-14H2,1-4H3,(H,25,30). The molecular formula is C23H27ClN4O3. The van der Waals surface area contributed by atoms with Crippen LogP contribution < -0.4 is 10.1 Å². The van der Waals surface area contributed by atoms with Gasteiger partial charge in [0.15, 0.2) is 0 Å². The molecule has 0 spiro atoms. The van der Waals surface area contributed by atoms with Gasteiger partial charge in [0.1, 0.15) is 12.3 Å². The molecule has 1 atom stereocenters. The van der Waals surface area contributed by atoms with Crippen LogP contribution >= 0.6 is 11.6 Å². The zero-order valence-corrected chi connectivity index (χ0v) is 18.9. The third kappa shape index (κ3) is 5.17. The molecular weight excluding hydrogens is 416 g/mol. The highest BCUT2D eigenvalue weighted by atomic mass is 35.5. The summed E-state index contributed by atoms with van der Waals surface area (Å²) in [4.78, 5) is 26.8. The SMILES string of the molecule is COc1ccccc1C1CC(c2ccccc2Cl)=NN1C(=O)CN(C)C(=O)NC(C)C. The van der Waals surface area contributed by atoms with Gasteiger partial charge in [-0.15, -0.1) is 0 Å². The van der Waals surface area contributed by atoms with E-state index in [9.17, 15) is 9.59 Å². The smallest absolute Gasteiger partial charge is 0.317 e. The Labute approximate surface area is 187 Å². The Morgan fingerprint density at radius 3 is 2.58 bits per heavy atom. The molecule has 7 nitrogen and oxygen atoms in total. The topological polar surface area (TPSA) is 74.2 Å². The minimum atomic E-state index is -0.364. The van der Waals surface area contributed by atoms with E-state index in [0.717, 1.165) is 11.1 Å². The zero-order valence-electron chi connectivity index (χ0n) is 18.1. The van der Waals surface area contributed by atoms with Crippen LogP contribution in [0.5, 0.6) is 5.75 Å². The van der Waals surface area contributed by atoms with Crippen molar-refractivity contribution >= 4 is 29.3 Å². The molecule has 1 aliphatic rings. The molecule has 1 unspecified atom stereocenters. The van der Waals surface area contributed by atoms with E-state index < -0.39 is 0 Å². The summed E-state index contributed by atoms with van der Waals surface area (Å²) in [7, 11) is 3.18. The van der Waals surface area contributed by atoms with Crippen molar-refractivity contribution in [1.82, 2.24) is 15.2 Å². The summed E-state index contributed by atoms with van der Waals surface area (Å²) in [5.74, 6) is 0.381. The summed E-state index contributed by atoms with van der Waals surface area (Å²) in [5, 5.41) is 9.42. The van der Waals surface area contributed by atoms with Gasteiger partial charge in [0.25, 0.3) is 5.91 Å². The molecule has 0 saturated carbocycles. The van der Waals surface area contributed by atoms with Crippen LogP contribution in [-0.4, -0.2) is 54.3 Å². The fourth-order valence-electron chi connectivity index (χ4n) is 3.49. The normalized spacial score (nSPS) is 15.6. The highest BCUT2D eigenvalue weighted by Crippen LogP contribution is 2.38. The Morgan fingerprint density at radius 1 is 1.23 bits per heavy atom. The predicted molar refractivity (Wildman–Crippen MR) is 121 cm³/mol. The van der Waals surface area contributed by atoms with Gasteiger partial charge in [-0.1, -0.05) is 48.0 Å². The second-order valence-electron chi connectivity index (χ2n) is 7.69. The van der Waals surface area contributed by atoms with Gasteiger partial charge in [0.2, 0.25) is 0 Å². The van der Waals surface area contributed by atoms with Crippen LogP contribution in [0.15, 0.2) is 53.6 Å². The lowest BCUT2D eigenvalue weighted by atomic mass is 9.97. The molecule has 0 aromatic heterocycles. The van der Waals surface area contributed by atoms with Crippen molar-refractivity contribution < 1.29 is 14.3 Å². The van der Waals surface area contributed by atoms with E-state index in [4.69, 9.17) is 16.3 Å². The lowest BCUT2D eigenvalue weighted by Gasteiger charge is -2.26. The third-order valence-corrected chi connectivity index (χ3v) is 5.31. The number of urea groups is 1. The Kier molecular flexibility index (Phi) is 7.17. The molecule has 3 rings (SSSR count). The van der Waals surface area contributed by atoms with E-state index in [0.29, 0.717) is 22.9 Å². The Morgan fingerprint density at radius 2 is 1.90 bits per heavy atom. The Hall–Kier alpha value is -3.06. The monoisotopic (exact) mass is 442 g/mol. The molecule has 1 aliphatic heterocycles. The summed E-state index contributed by atoms with van der Waals surface area (Å²) in [6, 6.07) is 14.3. The second kappa shape index (κ2) is 9.83. The van der Waals surface area contributed by atoms with Crippen molar-refractivity contribution in [3.05, 3.63) is 64.7 Å². The molecule has 164 valence electrons. The van der Waals surface area contributed by atoms with Gasteiger partial charge in [0.05, 0.1) is 18.9 Å². The average molecular weight is 443 g/mol. The minimum absolute atomic E-state index is 0.0250. The van der Waals surface area contributed by atoms with Crippen LogP contribution in [0, 0.1) is 0 Å². The molecule has 2 aromatic carbocycles. The number of para-hydroxylation sites is 1. The van der Waals surface area contributed by atoms with Crippen LogP contribution in [0.25, 0.3) is 0 Å². The van der Waals surface area contributed by atoms with Crippen molar-refractivity contribution in [2.75, 3.05) is 20.7 Å². The molecule has 0 saturated heterocycles. The van der Waals surface area contributed by atoms with Crippen molar-refractivity contribution in [3.63, 3.8) is 0 Å². The minimum Gasteiger partial charge on any atom is -0.496 e. The first-order valence-corrected chi connectivity index (χ1v) is 10.5. The van der Waals surface area contributed by atoms with E-state index in [-0.39, 0.29) is 30.6 Å². The van der Waals surface area contributed by atoms with Gasteiger partial charge in [-0.2, -0.15) is 5.10 Å². The summed E-state index contributed by atoms with van der Waals surface area (Å²) in [6.45, 7) is 3.63. The predicted octanol–water partition coefficient (Wildman–Crippen LogP) is 4.08. The first kappa shape index (κ1) is 22.6. The van der Waals surface area contributed by atoms with Crippen molar-refractivity contribution in [1.29, 1.82) is 0 Å². The van der Waals surface area contributed by atoms with Crippen LogP contribution in [0.1, 0.15) is 37.4 Å². The van der Waals surface area contributed by atoms with Gasteiger partial charge in [-0.25, -0.2) is 9.80 Å². The number of carbonyl (C=O) groups is 2. The van der Waals surface area contributed by atoms with Crippen LogP contribution in [0.4, 0.5) is 4.79 Å². The van der Waals surface area contributed by atoms with Gasteiger partial charge < -0.3 is 15.0 Å². The molecule has 1 N–H and O–H groups in total. The second-order valence-corrected chi connectivity index (χ2v) is 8.09. The van der Waals surface area contributed by atoms with E-state index >= 15 is 0 Å². The number of halogens is 1. The van der Waals surface area contributed by atoms with Gasteiger partial charge in [-0.3, -0.25) is 4.79 Å². The van der Waals surface area contributed by atoms with Gasteiger partial charge in [0, 0.05) is 35.7 Å². The number of nitrogens with zero attached hydrogens (tertiary/aromatic N) is 3. The maximum absolute atomic E-state index is 13.2. The fourth-order valence-corrected chi connectivity index (χ4v) is 3.73.